The highest BCUT2D eigenvalue weighted by Gasteiger charge is 2.22. The number of aromatic nitrogens is 2. The van der Waals surface area contributed by atoms with Crippen molar-refractivity contribution >= 4 is 23.5 Å². The molecule has 2 fully saturated rings. The predicted octanol–water partition coefficient (Wildman–Crippen LogP) is -0.0834. The fraction of sp³-hybridized carbons (Fsp3) is 0.722. The van der Waals surface area contributed by atoms with Gasteiger partial charge in [-0.1, -0.05) is 0 Å². The van der Waals surface area contributed by atoms with Gasteiger partial charge in [0.05, 0.1) is 6.54 Å². The van der Waals surface area contributed by atoms with Gasteiger partial charge in [-0.3, -0.25) is 14.7 Å². The zero-order valence-electron chi connectivity index (χ0n) is 16.4. The van der Waals surface area contributed by atoms with Crippen LogP contribution in [-0.2, 0) is 7.05 Å². The van der Waals surface area contributed by atoms with Crippen molar-refractivity contribution < 1.29 is 0 Å². The lowest BCUT2D eigenvalue weighted by Crippen LogP contribution is -2.53. The molecule has 3 rings (SSSR count). The third kappa shape index (κ3) is 5.38. The first-order chi connectivity index (χ1) is 13.2. The number of thioether (sulfide) groups is 1. The molecule has 9 heteroatoms. The monoisotopic (exact) mass is 393 g/mol. The average Bonchev–Trinajstić information content (AvgIpc) is 2.70. The molecule has 0 saturated carbocycles. The number of hydrogen-bond acceptors (Lipinski definition) is 6. The first-order valence-electron chi connectivity index (χ1n) is 9.79. The molecule has 1 aromatic rings. The van der Waals surface area contributed by atoms with E-state index in [2.05, 4.69) is 31.9 Å². The first-order valence-corrected chi connectivity index (χ1v) is 10.9. The predicted molar refractivity (Wildman–Crippen MR) is 113 cm³/mol. The van der Waals surface area contributed by atoms with Gasteiger partial charge in [0, 0.05) is 83.3 Å². The fourth-order valence-electron chi connectivity index (χ4n) is 3.38. The minimum absolute atomic E-state index is 0.0359. The lowest BCUT2D eigenvalue weighted by Gasteiger charge is -2.36. The topological polar surface area (TPSA) is 69.0 Å². The van der Waals surface area contributed by atoms with Crippen molar-refractivity contribution in [1.82, 2.24) is 24.7 Å². The van der Waals surface area contributed by atoms with Crippen molar-refractivity contribution in [2.75, 3.05) is 75.3 Å². The SMILES string of the molecule is CCNC(=NCCN1CCSCC1)N1CCN(c2nccn(C)c2=O)CC1. The highest BCUT2D eigenvalue weighted by atomic mass is 32.2. The molecule has 2 aliphatic rings. The largest absolute Gasteiger partial charge is 0.357 e. The van der Waals surface area contributed by atoms with E-state index in [0.29, 0.717) is 5.82 Å². The van der Waals surface area contributed by atoms with Crippen LogP contribution in [0, 0.1) is 0 Å². The fourth-order valence-corrected chi connectivity index (χ4v) is 4.36. The Morgan fingerprint density at radius 1 is 1.22 bits per heavy atom. The van der Waals surface area contributed by atoms with E-state index < -0.39 is 0 Å². The number of aryl methyl sites for hydroxylation is 1. The molecule has 27 heavy (non-hydrogen) atoms. The number of piperazine rings is 1. The second-order valence-electron chi connectivity index (χ2n) is 6.83. The highest BCUT2D eigenvalue weighted by molar-refractivity contribution is 7.99. The summed E-state index contributed by atoms with van der Waals surface area (Å²) in [4.78, 5) is 28.3. The zero-order valence-corrected chi connectivity index (χ0v) is 17.2. The van der Waals surface area contributed by atoms with Gasteiger partial charge in [0.2, 0.25) is 0 Å². The lowest BCUT2D eigenvalue weighted by molar-refractivity contribution is 0.309. The van der Waals surface area contributed by atoms with Crippen LogP contribution in [0.1, 0.15) is 6.92 Å². The van der Waals surface area contributed by atoms with Crippen molar-refractivity contribution in [3.63, 3.8) is 0 Å². The maximum absolute atomic E-state index is 12.3. The molecule has 0 amide bonds. The molecule has 3 heterocycles. The molecule has 0 bridgehead atoms. The second kappa shape index (κ2) is 9.98. The molecule has 2 saturated heterocycles. The van der Waals surface area contributed by atoms with Gasteiger partial charge in [-0.25, -0.2) is 4.98 Å². The summed E-state index contributed by atoms with van der Waals surface area (Å²) in [5, 5.41) is 3.42. The number of anilines is 1. The number of aliphatic imine (C=N–C) groups is 1. The van der Waals surface area contributed by atoms with Crippen LogP contribution in [0.4, 0.5) is 5.82 Å². The van der Waals surface area contributed by atoms with Gasteiger partial charge in [0.15, 0.2) is 11.8 Å². The Balaban J connectivity index is 1.55. The summed E-state index contributed by atoms with van der Waals surface area (Å²) in [5.74, 6) is 4.00. The van der Waals surface area contributed by atoms with Crippen molar-refractivity contribution in [2.24, 2.45) is 12.0 Å². The smallest absolute Gasteiger partial charge is 0.293 e. The van der Waals surface area contributed by atoms with Crippen LogP contribution in [0.25, 0.3) is 0 Å². The van der Waals surface area contributed by atoms with Crippen molar-refractivity contribution in [3.05, 3.63) is 22.7 Å². The minimum Gasteiger partial charge on any atom is -0.357 e. The molecular weight excluding hydrogens is 362 g/mol. The third-order valence-corrected chi connectivity index (χ3v) is 5.94. The molecule has 0 aromatic carbocycles. The lowest BCUT2D eigenvalue weighted by atomic mass is 10.3. The summed E-state index contributed by atoms with van der Waals surface area (Å²) in [6.45, 7) is 10.4. The summed E-state index contributed by atoms with van der Waals surface area (Å²) in [7, 11) is 1.76. The number of hydrogen-bond donors (Lipinski definition) is 1. The first kappa shape index (κ1) is 20.0. The Bertz CT molecular complexity index is 679. The Hall–Kier alpha value is -1.74. The summed E-state index contributed by atoms with van der Waals surface area (Å²) < 4.78 is 1.58. The van der Waals surface area contributed by atoms with E-state index in [1.54, 1.807) is 24.0 Å². The standard InChI is InChI=1S/C18H31N7OS/c1-3-19-18(21-5-7-23-12-14-27-15-13-23)25-10-8-24(9-11-25)16-17(26)22(2)6-4-20-16/h4,6H,3,5,7-15H2,1-2H3,(H,19,21). The molecule has 1 N–H and O–H groups in total. The van der Waals surface area contributed by atoms with Crippen LogP contribution in [0.15, 0.2) is 22.2 Å². The molecule has 2 aliphatic heterocycles. The van der Waals surface area contributed by atoms with Gasteiger partial charge in [-0.2, -0.15) is 11.8 Å². The molecular formula is C18H31N7OS. The van der Waals surface area contributed by atoms with E-state index in [-0.39, 0.29) is 5.56 Å². The van der Waals surface area contributed by atoms with Crippen molar-refractivity contribution in [2.45, 2.75) is 6.92 Å². The number of nitrogens with zero attached hydrogens (tertiary/aromatic N) is 6. The van der Waals surface area contributed by atoms with Crippen LogP contribution in [-0.4, -0.2) is 95.7 Å². The molecule has 8 nitrogen and oxygen atoms in total. The van der Waals surface area contributed by atoms with Gasteiger partial charge >= 0.3 is 0 Å². The molecule has 1 aromatic heterocycles. The molecule has 0 spiro atoms. The van der Waals surface area contributed by atoms with Crippen molar-refractivity contribution in [3.8, 4) is 0 Å². The van der Waals surface area contributed by atoms with E-state index in [4.69, 9.17) is 4.99 Å². The second-order valence-corrected chi connectivity index (χ2v) is 8.06. The third-order valence-electron chi connectivity index (χ3n) is 4.99. The number of rotatable bonds is 5. The Morgan fingerprint density at radius 3 is 2.67 bits per heavy atom. The maximum atomic E-state index is 12.3. The maximum Gasteiger partial charge on any atom is 0.293 e. The highest BCUT2D eigenvalue weighted by Crippen LogP contribution is 2.10. The molecule has 150 valence electrons. The van der Waals surface area contributed by atoms with Gasteiger partial charge in [-0.15, -0.1) is 0 Å². The molecule has 0 unspecified atom stereocenters. The Kier molecular flexibility index (Phi) is 7.40. The van der Waals surface area contributed by atoms with Gasteiger partial charge in [0.25, 0.3) is 5.56 Å². The summed E-state index contributed by atoms with van der Waals surface area (Å²) >= 11 is 2.04. The van der Waals surface area contributed by atoms with E-state index in [1.807, 2.05) is 11.8 Å². The van der Waals surface area contributed by atoms with Crippen LogP contribution in [0.3, 0.4) is 0 Å². The quantitative estimate of drug-likeness (QED) is 0.554. The van der Waals surface area contributed by atoms with E-state index >= 15 is 0 Å². The minimum atomic E-state index is -0.0359. The van der Waals surface area contributed by atoms with E-state index in [1.165, 1.54) is 24.6 Å². The van der Waals surface area contributed by atoms with Crippen LogP contribution in [0.5, 0.6) is 0 Å². The summed E-state index contributed by atoms with van der Waals surface area (Å²) in [5.41, 5.74) is -0.0359. The average molecular weight is 394 g/mol. The normalized spacial score (nSPS) is 19.4. The zero-order chi connectivity index (χ0) is 19.1. The van der Waals surface area contributed by atoms with Crippen LogP contribution >= 0.6 is 11.8 Å². The summed E-state index contributed by atoms with van der Waals surface area (Å²) in [6, 6.07) is 0. The van der Waals surface area contributed by atoms with E-state index in [9.17, 15) is 4.79 Å². The van der Waals surface area contributed by atoms with Crippen LogP contribution < -0.4 is 15.8 Å². The molecule has 0 radical (unpaired) electrons. The Morgan fingerprint density at radius 2 is 1.96 bits per heavy atom. The molecule has 0 atom stereocenters. The van der Waals surface area contributed by atoms with Crippen molar-refractivity contribution in [1.29, 1.82) is 0 Å². The number of nitrogens with one attached hydrogen (secondary N) is 1. The van der Waals surface area contributed by atoms with Gasteiger partial charge in [-0.05, 0) is 6.92 Å². The Labute approximate surface area is 165 Å². The number of guanidine groups is 1. The summed E-state index contributed by atoms with van der Waals surface area (Å²) in [6.07, 6.45) is 3.38. The van der Waals surface area contributed by atoms with Crippen LogP contribution in [0.2, 0.25) is 0 Å². The van der Waals surface area contributed by atoms with Gasteiger partial charge < -0.3 is 19.7 Å². The van der Waals surface area contributed by atoms with Gasteiger partial charge in [0.1, 0.15) is 0 Å². The molecule has 0 aliphatic carbocycles. The van der Waals surface area contributed by atoms with E-state index in [0.717, 1.165) is 51.8 Å².